The zero-order chi connectivity index (χ0) is 22.6. The van der Waals surface area contributed by atoms with Gasteiger partial charge in [-0.1, -0.05) is 35.3 Å². The maximum Gasteiger partial charge on any atom is 0.233 e. The highest BCUT2D eigenvalue weighted by Crippen LogP contribution is 2.35. The van der Waals surface area contributed by atoms with Gasteiger partial charge in [0.15, 0.2) is 0 Å². The van der Waals surface area contributed by atoms with Gasteiger partial charge in [-0.2, -0.15) is 4.98 Å². The van der Waals surface area contributed by atoms with E-state index in [2.05, 4.69) is 15.2 Å². The SMILES string of the molecule is O=S(=O)(c1ccc(Cl)cc1)c1nc(-c2ccccc2Cl)oc1NCCCN1CCOCC1. The molecule has 10 heteroatoms. The molecular weight excluding hydrogens is 473 g/mol. The second kappa shape index (κ2) is 10.2. The molecule has 170 valence electrons. The van der Waals surface area contributed by atoms with Crippen molar-refractivity contribution in [3.63, 3.8) is 0 Å². The molecule has 0 unspecified atom stereocenters. The molecule has 32 heavy (non-hydrogen) atoms. The van der Waals surface area contributed by atoms with E-state index in [0.717, 1.165) is 39.3 Å². The number of hydrogen-bond donors (Lipinski definition) is 1. The van der Waals surface area contributed by atoms with Crippen LogP contribution in [0.1, 0.15) is 6.42 Å². The third kappa shape index (κ3) is 5.27. The summed E-state index contributed by atoms with van der Waals surface area (Å²) < 4.78 is 37.9. The summed E-state index contributed by atoms with van der Waals surface area (Å²) in [5.74, 6) is 0.232. The summed E-state index contributed by atoms with van der Waals surface area (Å²) in [5.41, 5.74) is 0.517. The predicted octanol–water partition coefficient (Wildman–Crippen LogP) is 4.62. The first-order valence-electron chi connectivity index (χ1n) is 10.3. The van der Waals surface area contributed by atoms with Crippen molar-refractivity contribution in [2.24, 2.45) is 0 Å². The van der Waals surface area contributed by atoms with Gasteiger partial charge in [0.05, 0.1) is 28.7 Å². The summed E-state index contributed by atoms with van der Waals surface area (Å²) in [5, 5.41) is 3.80. The third-order valence-corrected chi connectivity index (χ3v) is 7.38. The van der Waals surface area contributed by atoms with Gasteiger partial charge in [0.2, 0.25) is 26.6 Å². The summed E-state index contributed by atoms with van der Waals surface area (Å²) in [6.07, 6.45) is 0.808. The van der Waals surface area contributed by atoms with Gasteiger partial charge < -0.3 is 14.5 Å². The average Bonchev–Trinajstić information content (AvgIpc) is 3.23. The summed E-state index contributed by atoms with van der Waals surface area (Å²) in [6.45, 7) is 4.67. The molecule has 0 spiro atoms. The number of nitrogens with one attached hydrogen (secondary N) is 1. The fourth-order valence-corrected chi connectivity index (χ4v) is 5.03. The Bertz CT molecular complexity index is 1160. The Hall–Kier alpha value is -2.10. The lowest BCUT2D eigenvalue weighted by atomic mass is 10.2. The highest BCUT2D eigenvalue weighted by atomic mass is 35.5. The number of sulfone groups is 1. The van der Waals surface area contributed by atoms with Crippen LogP contribution in [0.3, 0.4) is 0 Å². The average molecular weight is 496 g/mol. The molecule has 1 saturated heterocycles. The van der Waals surface area contributed by atoms with E-state index in [9.17, 15) is 8.42 Å². The molecule has 0 saturated carbocycles. The Morgan fingerprint density at radius 2 is 1.75 bits per heavy atom. The zero-order valence-corrected chi connectivity index (χ0v) is 19.6. The van der Waals surface area contributed by atoms with Gasteiger partial charge in [-0.3, -0.25) is 4.90 Å². The van der Waals surface area contributed by atoms with Crippen molar-refractivity contribution in [3.8, 4) is 11.5 Å². The summed E-state index contributed by atoms with van der Waals surface area (Å²) in [7, 11) is -3.94. The summed E-state index contributed by atoms with van der Waals surface area (Å²) in [6, 6.07) is 12.9. The molecule has 2 aromatic carbocycles. The molecule has 0 amide bonds. The van der Waals surface area contributed by atoms with E-state index in [1.165, 1.54) is 24.3 Å². The molecule has 3 aromatic rings. The highest BCUT2D eigenvalue weighted by molar-refractivity contribution is 7.91. The standard InChI is InChI=1S/C22H23Cl2N3O4S/c23-16-6-8-17(9-7-16)32(28,29)22-21(25-10-3-11-27-12-14-30-15-13-27)31-20(26-22)18-4-1-2-5-19(18)24/h1-2,4-9,25H,3,10-15H2. The first kappa shape index (κ1) is 23.1. The first-order valence-corrected chi connectivity index (χ1v) is 12.5. The molecule has 0 radical (unpaired) electrons. The largest absolute Gasteiger partial charge is 0.419 e. The number of nitrogens with zero attached hydrogens (tertiary/aromatic N) is 2. The maximum atomic E-state index is 13.3. The fourth-order valence-electron chi connectivity index (χ4n) is 3.40. The van der Waals surface area contributed by atoms with E-state index in [1.54, 1.807) is 24.3 Å². The van der Waals surface area contributed by atoms with Gasteiger partial charge in [0, 0.05) is 24.7 Å². The number of anilines is 1. The quantitative estimate of drug-likeness (QED) is 0.456. The van der Waals surface area contributed by atoms with E-state index in [4.69, 9.17) is 32.4 Å². The van der Waals surface area contributed by atoms with Crippen molar-refractivity contribution < 1.29 is 17.6 Å². The van der Waals surface area contributed by atoms with Gasteiger partial charge >= 0.3 is 0 Å². The van der Waals surface area contributed by atoms with Crippen molar-refractivity contribution in [2.75, 3.05) is 44.7 Å². The van der Waals surface area contributed by atoms with E-state index in [-0.39, 0.29) is 21.7 Å². The molecule has 0 atom stereocenters. The second-order valence-electron chi connectivity index (χ2n) is 7.32. The highest BCUT2D eigenvalue weighted by Gasteiger charge is 2.29. The number of oxazole rings is 1. The van der Waals surface area contributed by atoms with Crippen LogP contribution in [0, 0.1) is 0 Å². The molecule has 1 fully saturated rings. The second-order valence-corrected chi connectivity index (χ2v) is 10.0. The zero-order valence-electron chi connectivity index (χ0n) is 17.3. The van der Waals surface area contributed by atoms with E-state index < -0.39 is 9.84 Å². The lowest BCUT2D eigenvalue weighted by Gasteiger charge is -2.26. The predicted molar refractivity (Wildman–Crippen MR) is 124 cm³/mol. The molecule has 4 rings (SSSR count). The fraction of sp³-hybridized carbons (Fsp3) is 0.318. The minimum absolute atomic E-state index is 0.0808. The van der Waals surface area contributed by atoms with Crippen LogP contribution in [0.5, 0.6) is 0 Å². The molecule has 1 N–H and O–H groups in total. The van der Waals surface area contributed by atoms with Gasteiger partial charge in [-0.05, 0) is 49.4 Å². The monoisotopic (exact) mass is 495 g/mol. The smallest absolute Gasteiger partial charge is 0.233 e. The van der Waals surface area contributed by atoms with Crippen LogP contribution in [-0.4, -0.2) is 57.7 Å². The number of morpholine rings is 1. The van der Waals surface area contributed by atoms with Crippen molar-refractivity contribution in [1.82, 2.24) is 9.88 Å². The molecule has 1 aliphatic rings. The van der Waals surface area contributed by atoms with E-state index >= 15 is 0 Å². The molecule has 1 aliphatic heterocycles. The van der Waals surface area contributed by atoms with Gasteiger partial charge in [0.1, 0.15) is 0 Å². The third-order valence-electron chi connectivity index (χ3n) is 5.12. The van der Waals surface area contributed by atoms with E-state index in [0.29, 0.717) is 22.2 Å². The van der Waals surface area contributed by atoms with Crippen LogP contribution >= 0.6 is 23.2 Å². The van der Waals surface area contributed by atoms with Crippen molar-refractivity contribution in [2.45, 2.75) is 16.3 Å². The number of benzene rings is 2. The number of hydrogen-bond acceptors (Lipinski definition) is 7. The van der Waals surface area contributed by atoms with Gasteiger partial charge in [-0.15, -0.1) is 0 Å². The number of halogens is 2. The summed E-state index contributed by atoms with van der Waals surface area (Å²) >= 11 is 12.2. The Labute approximate surface area is 197 Å². The lowest BCUT2D eigenvalue weighted by Crippen LogP contribution is -2.37. The Balaban J connectivity index is 1.60. The molecule has 1 aromatic heterocycles. The minimum atomic E-state index is -3.94. The Morgan fingerprint density at radius 1 is 1.03 bits per heavy atom. The lowest BCUT2D eigenvalue weighted by molar-refractivity contribution is 0.0378. The molecule has 0 aliphatic carbocycles. The van der Waals surface area contributed by atoms with Crippen LogP contribution in [-0.2, 0) is 14.6 Å². The number of aromatic nitrogens is 1. The number of ether oxygens (including phenoxy) is 1. The maximum absolute atomic E-state index is 13.3. The molecule has 2 heterocycles. The van der Waals surface area contributed by atoms with Crippen molar-refractivity contribution in [3.05, 3.63) is 58.6 Å². The van der Waals surface area contributed by atoms with Gasteiger partial charge in [0.25, 0.3) is 0 Å². The molecule has 0 bridgehead atoms. The van der Waals surface area contributed by atoms with Crippen molar-refractivity contribution >= 4 is 38.9 Å². The molecular formula is C22H23Cl2N3O4S. The van der Waals surface area contributed by atoms with Crippen molar-refractivity contribution in [1.29, 1.82) is 0 Å². The van der Waals surface area contributed by atoms with E-state index in [1.807, 2.05) is 0 Å². The molecule has 7 nitrogen and oxygen atoms in total. The normalized spacial score (nSPS) is 15.1. The number of rotatable bonds is 8. The van der Waals surface area contributed by atoms with Crippen LogP contribution in [0.2, 0.25) is 10.0 Å². The Morgan fingerprint density at radius 3 is 2.47 bits per heavy atom. The first-order chi connectivity index (χ1) is 15.4. The topological polar surface area (TPSA) is 84.7 Å². The summed E-state index contributed by atoms with van der Waals surface area (Å²) in [4.78, 5) is 6.71. The minimum Gasteiger partial charge on any atom is -0.419 e. The van der Waals surface area contributed by atoms with Crippen LogP contribution < -0.4 is 5.32 Å². The van der Waals surface area contributed by atoms with Crippen LogP contribution in [0.4, 0.5) is 5.88 Å². The Kier molecular flexibility index (Phi) is 7.37. The van der Waals surface area contributed by atoms with Crippen LogP contribution in [0.25, 0.3) is 11.5 Å². The van der Waals surface area contributed by atoms with Crippen LogP contribution in [0.15, 0.2) is 62.9 Å². The van der Waals surface area contributed by atoms with Gasteiger partial charge in [-0.25, -0.2) is 8.42 Å².